The highest BCUT2D eigenvalue weighted by molar-refractivity contribution is 6.04. The molecule has 0 aliphatic carbocycles. The van der Waals surface area contributed by atoms with E-state index in [1.807, 2.05) is 6.07 Å². The van der Waals surface area contributed by atoms with Gasteiger partial charge in [-0.05, 0) is 55.0 Å². The molecule has 2 aromatic rings. The van der Waals surface area contributed by atoms with Crippen molar-refractivity contribution in [1.29, 1.82) is 0 Å². The van der Waals surface area contributed by atoms with Crippen molar-refractivity contribution in [2.75, 3.05) is 6.54 Å². The summed E-state index contributed by atoms with van der Waals surface area (Å²) in [5.41, 5.74) is 10.3. The molecule has 2 rings (SSSR count). The highest BCUT2D eigenvalue weighted by atomic mass is 16.4. The maximum Gasteiger partial charge on any atom is 0.337 e. The number of carboxylic acid groups (broad SMARTS) is 1. The molecule has 1 heterocycles. The van der Waals surface area contributed by atoms with E-state index < -0.39 is 5.97 Å². The average Bonchev–Trinajstić information content (AvgIpc) is 2.74. The topological polar surface area (TPSA) is 68.2 Å². The first-order valence-electron chi connectivity index (χ1n) is 8.31. The van der Waals surface area contributed by atoms with E-state index >= 15 is 0 Å². The number of aromatic carboxylic acids is 1. The van der Waals surface area contributed by atoms with Crippen LogP contribution in [0.4, 0.5) is 0 Å². The van der Waals surface area contributed by atoms with Crippen LogP contribution in [-0.2, 0) is 18.4 Å². The fourth-order valence-electron chi connectivity index (χ4n) is 3.25. The molecular formula is C19H28N2O2. The number of nitrogens with zero attached hydrogens (tertiary/aromatic N) is 1. The monoisotopic (exact) mass is 316 g/mol. The SMILES string of the molecule is CCc1c(C)n(CCCN)c2c(C(=O)O)cc(C(C)(C)C)cc12. The lowest BCUT2D eigenvalue weighted by Crippen LogP contribution is -2.14. The molecule has 1 aromatic carbocycles. The van der Waals surface area contributed by atoms with Gasteiger partial charge in [-0.2, -0.15) is 0 Å². The predicted molar refractivity (Wildman–Crippen MR) is 95.4 cm³/mol. The number of rotatable bonds is 5. The molecule has 4 nitrogen and oxygen atoms in total. The molecular weight excluding hydrogens is 288 g/mol. The Balaban J connectivity index is 2.88. The van der Waals surface area contributed by atoms with Crippen molar-refractivity contribution in [1.82, 2.24) is 4.57 Å². The van der Waals surface area contributed by atoms with E-state index in [-0.39, 0.29) is 5.41 Å². The minimum atomic E-state index is -0.866. The summed E-state index contributed by atoms with van der Waals surface area (Å²) in [5, 5.41) is 10.8. The maximum atomic E-state index is 11.9. The summed E-state index contributed by atoms with van der Waals surface area (Å²) < 4.78 is 2.14. The van der Waals surface area contributed by atoms with Gasteiger partial charge >= 0.3 is 5.97 Å². The van der Waals surface area contributed by atoms with Crippen LogP contribution in [0.25, 0.3) is 10.9 Å². The van der Waals surface area contributed by atoms with Crippen LogP contribution in [0.3, 0.4) is 0 Å². The van der Waals surface area contributed by atoms with Crippen molar-refractivity contribution in [3.05, 3.63) is 34.5 Å². The molecule has 0 radical (unpaired) electrons. The van der Waals surface area contributed by atoms with E-state index in [1.54, 1.807) is 0 Å². The summed E-state index contributed by atoms with van der Waals surface area (Å²) in [6, 6.07) is 4.01. The molecule has 0 atom stereocenters. The maximum absolute atomic E-state index is 11.9. The van der Waals surface area contributed by atoms with Gasteiger partial charge < -0.3 is 15.4 Å². The van der Waals surface area contributed by atoms with Gasteiger partial charge in [0.25, 0.3) is 0 Å². The lowest BCUT2D eigenvalue weighted by atomic mass is 9.84. The summed E-state index contributed by atoms with van der Waals surface area (Å²) >= 11 is 0. The first kappa shape index (κ1) is 17.5. The molecule has 0 aliphatic rings. The molecule has 0 amide bonds. The number of fused-ring (bicyclic) bond motifs is 1. The Hall–Kier alpha value is -1.81. The van der Waals surface area contributed by atoms with Crippen molar-refractivity contribution in [3.8, 4) is 0 Å². The van der Waals surface area contributed by atoms with E-state index in [4.69, 9.17) is 5.73 Å². The number of hydrogen-bond acceptors (Lipinski definition) is 2. The van der Waals surface area contributed by atoms with E-state index in [9.17, 15) is 9.90 Å². The average molecular weight is 316 g/mol. The predicted octanol–water partition coefficient (Wildman–Crippen LogP) is 3.86. The fraction of sp³-hybridized carbons (Fsp3) is 0.526. The molecule has 0 saturated heterocycles. The van der Waals surface area contributed by atoms with Crippen molar-refractivity contribution < 1.29 is 9.90 Å². The van der Waals surface area contributed by atoms with Crippen LogP contribution in [-0.4, -0.2) is 22.2 Å². The third kappa shape index (κ3) is 3.13. The molecule has 0 aliphatic heterocycles. The largest absolute Gasteiger partial charge is 0.478 e. The summed E-state index contributed by atoms with van der Waals surface area (Å²) in [6.45, 7) is 11.9. The smallest absolute Gasteiger partial charge is 0.337 e. The molecule has 0 bridgehead atoms. The fourth-order valence-corrected chi connectivity index (χ4v) is 3.25. The standard InChI is InChI=1S/C19H28N2O2/c1-6-14-12(2)21(9-7-8-20)17-15(14)10-13(19(3,4)5)11-16(17)18(22)23/h10-11H,6-9,20H2,1-5H3,(H,22,23). The Morgan fingerprint density at radius 3 is 2.43 bits per heavy atom. The van der Waals surface area contributed by atoms with E-state index in [2.05, 4.69) is 45.3 Å². The summed E-state index contributed by atoms with van der Waals surface area (Å²) in [4.78, 5) is 11.9. The number of carbonyl (C=O) groups is 1. The Kier molecular flexibility index (Phi) is 4.85. The van der Waals surface area contributed by atoms with Crippen LogP contribution in [0, 0.1) is 6.92 Å². The zero-order valence-electron chi connectivity index (χ0n) is 14.9. The number of carboxylic acids is 1. The van der Waals surface area contributed by atoms with Gasteiger partial charge in [-0.15, -0.1) is 0 Å². The Bertz CT molecular complexity index is 736. The highest BCUT2D eigenvalue weighted by Crippen LogP contribution is 2.34. The van der Waals surface area contributed by atoms with Gasteiger partial charge in [-0.3, -0.25) is 0 Å². The van der Waals surface area contributed by atoms with Gasteiger partial charge in [0.1, 0.15) is 0 Å². The number of benzene rings is 1. The van der Waals surface area contributed by atoms with Crippen LogP contribution in [0.5, 0.6) is 0 Å². The Morgan fingerprint density at radius 2 is 1.96 bits per heavy atom. The molecule has 23 heavy (non-hydrogen) atoms. The first-order valence-corrected chi connectivity index (χ1v) is 8.31. The highest BCUT2D eigenvalue weighted by Gasteiger charge is 2.23. The summed E-state index contributed by atoms with van der Waals surface area (Å²) in [6.07, 6.45) is 1.73. The van der Waals surface area contributed by atoms with Gasteiger partial charge in [0.2, 0.25) is 0 Å². The van der Waals surface area contributed by atoms with Crippen molar-refractivity contribution >= 4 is 16.9 Å². The van der Waals surface area contributed by atoms with Crippen LogP contribution in [0.2, 0.25) is 0 Å². The van der Waals surface area contributed by atoms with E-state index in [1.165, 1.54) is 5.56 Å². The van der Waals surface area contributed by atoms with Gasteiger partial charge in [-0.1, -0.05) is 27.7 Å². The van der Waals surface area contributed by atoms with E-state index in [0.717, 1.165) is 41.5 Å². The second-order valence-electron chi connectivity index (χ2n) is 7.19. The lowest BCUT2D eigenvalue weighted by Gasteiger charge is -2.20. The number of aryl methyl sites for hydroxylation is 2. The molecule has 126 valence electrons. The van der Waals surface area contributed by atoms with Gasteiger partial charge in [0.15, 0.2) is 0 Å². The molecule has 0 fully saturated rings. The second-order valence-corrected chi connectivity index (χ2v) is 7.19. The second kappa shape index (κ2) is 6.36. The lowest BCUT2D eigenvalue weighted by molar-refractivity contribution is 0.0698. The quantitative estimate of drug-likeness (QED) is 0.880. The first-order chi connectivity index (χ1) is 10.7. The van der Waals surface area contributed by atoms with Crippen LogP contribution < -0.4 is 5.73 Å². The summed E-state index contributed by atoms with van der Waals surface area (Å²) in [5.74, 6) is -0.866. The zero-order valence-corrected chi connectivity index (χ0v) is 14.9. The minimum absolute atomic E-state index is 0.0866. The molecule has 0 unspecified atom stereocenters. The van der Waals surface area contributed by atoms with Gasteiger partial charge in [0, 0.05) is 17.6 Å². The van der Waals surface area contributed by atoms with Crippen molar-refractivity contribution in [3.63, 3.8) is 0 Å². The minimum Gasteiger partial charge on any atom is -0.478 e. The van der Waals surface area contributed by atoms with Crippen LogP contribution in [0.1, 0.15) is 61.3 Å². The Labute approximate surface area is 138 Å². The number of hydrogen-bond donors (Lipinski definition) is 2. The third-order valence-corrected chi connectivity index (χ3v) is 4.58. The zero-order chi connectivity index (χ0) is 17.4. The Morgan fingerprint density at radius 1 is 1.30 bits per heavy atom. The molecule has 0 spiro atoms. The van der Waals surface area contributed by atoms with Crippen LogP contribution >= 0.6 is 0 Å². The van der Waals surface area contributed by atoms with Gasteiger partial charge in [0.05, 0.1) is 11.1 Å². The molecule has 3 N–H and O–H groups in total. The van der Waals surface area contributed by atoms with Crippen molar-refractivity contribution in [2.45, 2.75) is 59.4 Å². The molecule has 1 aromatic heterocycles. The summed E-state index contributed by atoms with van der Waals surface area (Å²) in [7, 11) is 0. The number of aromatic nitrogens is 1. The molecule has 0 saturated carbocycles. The van der Waals surface area contributed by atoms with Gasteiger partial charge in [-0.25, -0.2) is 4.79 Å². The third-order valence-electron chi connectivity index (χ3n) is 4.58. The molecule has 4 heteroatoms. The number of nitrogens with two attached hydrogens (primary N) is 1. The van der Waals surface area contributed by atoms with Crippen LogP contribution in [0.15, 0.2) is 12.1 Å². The van der Waals surface area contributed by atoms with E-state index in [0.29, 0.717) is 12.1 Å². The normalized spacial score (nSPS) is 12.1. The van der Waals surface area contributed by atoms with Crippen molar-refractivity contribution in [2.24, 2.45) is 5.73 Å².